The fourth-order valence-corrected chi connectivity index (χ4v) is 4.27. The molecule has 0 fully saturated rings. The minimum absolute atomic E-state index is 0.189. The molecule has 3 N–H and O–H groups in total. The third kappa shape index (κ3) is 3.72. The number of nitrogens with zero attached hydrogens (tertiary/aromatic N) is 2. The number of aromatic nitrogens is 2. The van der Waals surface area contributed by atoms with E-state index in [4.69, 9.17) is 16.3 Å². The van der Waals surface area contributed by atoms with E-state index in [0.29, 0.717) is 33.3 Å². The number of fused-ring (bicyclic) bond motifs is 1. The van der Waals surface area contributed by atoms with Gasteiger partial charge in [-0.3, -0.25) is 14.9 Å². The van der Waals surface area contributed by atoms with Gasteiger partial charge in [0.1, 0.15) is 5.75 Å². The SMILES string of the molecule is COc1ccccc1C1(N[C@@H](Cc2c[nH]cn2)C(=O)N(C)C)C(=O)Nc2ccc(Cl)cc21. The first kappa shape index (κ1) is 21.9. The van der Waals surface area contributed by atoms with Crippen LogP contribution in [0.25, 0.3) is 0 Å². The second-order valence-corrected chi connectivity index (χ2v) is 8.23. The first-order valence-corrected chi connectivity index (χ1v) is 10.5. The van der Waals surface area contributed by atoms with Crippen LogP contribution in [0.1, 0.15) is 16.8 Å². The Bertz CT molecular complexity index is 1150. The van der Waals surface area contributed by atoms with Crippen LogP contribution in [0.5, 0.6) is 5.75 Å². The molecule has 0 bridgehead atoms. The van der Waals surface area contributed by atoms with Crippen LogP contribution in [0, 0.1) is 0 Å². The number of hydrogen-bond donors (Lipinski definition) is 3. The van der Waals surface area contributed by atoms with Gasteiger partial charge in [-0.25, -0.2) is 4.98 Å². The minimum Gasteiger partial charge on any atom is -0.496 e. The van der Waals surface area contributed by atoms with Gasteiger partial charge in [-0.15, -0.1) is 0 Å². The highest BCUT2D eigenvalue weighted by molar-refractivity contribution is 6.31. The number of hydrogen-bond acceptors (Lipinski definition) is 5. The lowest BCUT2D eigenvalue weighted by molar-refractivity contribution is -0.132. The maximum absolute atomic E-state index is 13.6. The molecule has 2 amide bonds. The first-order chi connectivity index (χ1) is 15.4. The van der Waals surface area contributed by atoms with E-state index in [1.54, 1.807) is 58.0 Å². The molecular formula is C23H24ClN5O3. The number of anilines is 1. The summed E-state index contributed by atoms with van der Waals surface area (Å²) < 4.78 is 5.61. The average molecular weight is 454 g/mol. The summed E-state index contributed by atoms with van der Waals surface area (Å²) in [6, 6.07) is 11.7. The summed E-state index contributed by atoms with van der Waals surface area (Å²) in [7, 11) is 4.90. The lowest BCUT2D eigenvalue weighted by atomic mass is 9.82. The Morgan fingerprint density at radius 3 is 2.72 bits per heavy atom. The highest BCUT2D eigenvalue weighted by Crippen LogP contribution is 2.45. The Morgan fingerprint density at radius 2 is 2.03 bits per heavy atom. The summed E-state index contributed by atoms with van der Waals surface area (Å²) in [4.78, 5) is 35.5. The van der Waals surface area contributed by atoms with E-state index in [9.17, 15) is 9.59 Å². The van der Waals surface area contributed by atoms with E-state index in [-0.39, 0.29) is 18.2 Å². The molecule has 2 heterocycles. The number of nitrogens with one attached hydrogen (secondary N) is 3. The van der Waals surface area contributed by atoms with Gasteiger partial charge in [-0.2, -0.15) is 0 Å². The molecule has 4 rings (SSSR count). The maximum Gasteiger partial charge on any atom is 0.254 e. The Balaban J connectivity index is 1.91. The van der Waals surface area contributed by atoms with Gasteiger partial charge in [0.05, 0.1) is 25.2 Å². The third-order valence-electron chi connectivity index (χ3n) is 5.58. The van der Waals surface area contributed by atoms with Crippen LogP contribution in [-0.2, 0) is 21.5 Å². The molecule has 1 aromatic heterocycles. The molecule has 2 aromatic carbocycles. The van der Waals surface area contributed by atoms with Crippen LogP contribution in [0.4, 0.5) is 5.69 Å². The number of carbonyl (C=O) groups is 2. The molecule has 32 heavy (non-hydrogen) atoms. The number of rotatable bonds is 7. The van der Waals surface area contributed by atoms with Crippen LogP contribution in [-0.4, -0.2) is 53.9 Å². The standard InChI is InChI=1S/C23H24ClN5O3/c1-29(2)21(30)19(11-15-12-25-13-26-15)28-23(16-6-4-5-7-20(16)32-3)17-10-14(24)8-9-18(17)27-22(23)31/h4-10,12-13,19,28H,11H2,1-3H3,(H,25,26)(H,27,31)/t19-,23?/m0/s1. The lowest BCUT2D eigenvalue weighted by Crippen LogP contribution is -2.58. The largest absolute Gasteiger partial charge is 0.496 e. The van der Waals surface area contributed by atoms with E-state index in [2.05, 4.69) is 20.6 Å². The van der Waals surface area contributed by atoms with Crippen molar-refractivity contribution >= 4 is 29.1 Å². The Labute approximate surface area is 190 Å². The number of aromatic amines is 1. The zero-order valence-electron chi connectivity index (χ0n) is 18.0. The third-order valence-corrected chi connectivity index (χ3v) is 5.82. The van der Waals surface area contributed by atoms with Crippen molar-refractivity contribution in [1.29, 1.82) is 0 Å². The van der Waals surface area contributed by atoms with Crippen molar-refractivity contribution in [1.82, 2.24) is 20.2 Å². The fourth-order valence-electron chi connectivity index (χ4n) is 4.10. The van der Waals surface area contributed by atoms with Crippen molar-refractivity contribution in [3.63, 3.8) is 0 Å². The van der Waals surface area contributed by atoms with Gasteiger partial charge in [0.25, 0.3) is 5.91 Å². The Kier molecular flexibility index (Phi) is 5.90. The molecule has 8 nitrogen and oxygen atoms in total. The molecule has 1 aliphatic heterocycles. The Morgan fingerprint density at radius 1 is 1.25 bits per heavy atom. The van der Waals surface area contributed by atoms with Crippen LogP contribution in [0.2, 0.25) is 5.02 Å². The highest BCUT2D eigenvalue weighted by atomic mass is 35.5. The van der Waals surface area contributed by atoms with Crippen molar-refractivity contribution in [2.24, 2.45) is 0 Å². The quantitative estimate of drug-likeness (QED) is 0.510. The van der Waals surface area contributed by atoms with Crippen LogP contribution in [0.15, 0.2) is 55.0 Å². The molecular weight excluding hydrogens is 430 g/mol. The second kappa shape index (κ2) is 8.64. The van der Waals surface area contributed by atoms with Crippen molar-refractivity contribution in [2.75, 3.05) is 26.5 Å². The number of amides is 2. The predicted molar refractivity (Wildman–Crippen MR) is 122 cm³/mol. The molecule has 3 aromatic rings. The molecule has 166 valence electrons. The average Bonchev–Trinajstić information content (AvgIpc) is 3.39. The summed E-state index contributed by atoms with van der Waals surface area (Å²) >= 11 is 6.34. The minimum atomic E-state index is -1.40. The number of halogens is 1. The van der Waals surface area contributed by atoms with Gasteiger partial charge < -0.3 is 19.9 Å². The zero-order valence-corrected chi connectivity index (χ0v) is 18.7. The van der Waals surface area contributed by atoms with Crippen LogP contribution in [0.3, 0.4) is 0 Å². The van der Waals surface area contributed by atoms with Crippen molar-refractivity contribution < 1.29 is 14.3 Å². The van der Waals surface area contributed by atoms with Crippen LogP contribution < -0.4 is 15.4 Å². The Hall–Kier alpha value is -3.36. The maximum atomic E-state index is 13.6. The molecule has 2 atom stereocenters. The summed E-state index contributed by atoms with van der Waals surface area (Å²) in [5.41, 5.74) is 1.11. The number of likely N-dealkylation sites (N-methyl/N-ethyl adjacent to an activating group) is 1. The number of methoxy groups -OCH3 is 1. The van der Waals surface area contributed by atoms with Crippen LogP contribution >= 0.6 is 11.6 Å². The summed E-state index contributed by atoms with van der Waals surface area (Å²) in [5.74, 6) is 0.00204. The van der Waals surface area contributed by atoms with E-state index in [1.165, 1.54) is 4.90 Å². The normalized spacial score (nSPS) is 18.1. The molecule has 0 radical (unpaired) electrons. The summed E-state index contributed by atoms with van der Waals surface area (Å²) in [5, 5.41) is 6.79. The van der Waals surface area contributed by atoms with Gasteiger partial charge in [0.2, 0.25) is 5.91 Å². The first-order valence-electron chi connectivity index (χ1n) is 10.1. The van der Waals surface area contributed by atoms with Crippen molar-refractivity contribution in [3.8, 4) is 5.75 Å². The molecule has 0 aliphatic carbocycles. The van der Waals surface area contributed by atoms with Crippen molar-refractivity contribution in [2.45, 2.75) is 18.0 Å². The molecule has 0 saturated heterocycles. The van der Waals surface area contributed by atoms with Gasteiger partial charge >= 0.3 is 0 Å². The molecule has 9 heteroatoms. The zero-order chi connectivity index (χ0) is 22.9. The van der Waals surface area contributed by atoms with Gasteiger partial charge in [-0.1, -0.05) is 29.8 Å². The lowest BCUT2D eigenvalue weighted by Gasteiger charge is -2.35. The molecule has 1 aliphatic rings. The summed E-state index contributed by atoms with van der Waals surface area (Å²) in [6.45, 7) is 0. The summed E-state index contributed by atoms with van der Waals surface area (Å²) in [6.07, 6.45) is 3.56. The fraction of sp³-hybridized carbons (Fsp3) is 0.261. The van der Waals surface area contributed by atoms with E-state index in [0.717, 1.165) is 0 Å². The van der Waals surface area contributed by atoms with E-state index >= 15 is 0 Å². The number of benzene rings is 2. The smallest absolute Gasteiger partial charge is 0.254 e. The predicted octanol–water partition coefficient (Wildman–Crippen LogP) is 2.56. The number of para-hydroxylation sites is 1. The van der Waals surface area contributed by atoms with Gasteiger partial charge in [0.15, 0.2) is 5.54 Å². The topological polar surface area (TPSA) is 99.3 Å². The molecule has 0 saturated carbocycles. The van der Waals surface area contributed by atoms with Crippen molar-refractivity contribution in [3.05, 3.63) is 76.8 Å². The number of imidazole rings is 1. The van der Waals surface area contributed by atoms with E-state index < -0.39 is 11.6 Å². The van der Waals surface area contributed by atoms with Gasteiger partial charge in [0, 0.05) is 48.5 Å². The molecule has 0 spiro atoms. The van der Waals surface area contributed by atoms with E-state index in [1.807, 2.05) is 18.2 Å². The molecule has 1 unspecified atom stereocenters. The number of carbonyl (C=O) groups excluding carboxylic acids is 2. The van der Waals surface area contributed by atoms with Gasteiger partial charge in [-0.05, 0) is 24.3 Å². The number of H-pyrrole nitrogens is 1. The number of ether oxygens (including phenoxy) is 1. The highest BCUT2D eigenvalue weighted by Gasteiger charge is 2.52. The monoisotopic (exact) mass is 453 g/mol. The second-order valence-electron chi connectivity index (χ2n) is 7.79.